The molecule has 1 amide bonds. The van der Waals surface area contributed by atoms with Crippen LogP contribution < -0.4 is 9.80 Å². The number of benzene rings is 2. The van der Waals surface area contributed by atoms with Crippen molar-refractivity contribution in [3.63, 3.8) is 0 Å². The van der Waals surface area contributed by atoms with Crippen molar-refractivity contribution in [2.75, 3.05) is 9.80 Å². The van der Waals surface area contributed by atoms with Crippen LogP contribution in [0.1, 0.15) is 31.4 Å². The Kier molecular flexibility index (Phi) is 50.7. The second-order valence-corrected chi connectivity index (χ2v) is 17.5. The Bertz CT molecular complexity index is 7600. The lowest BCUT2D eigenvalue weighted by molar-refractivity contribution is -0.136. The summed E-state index contributed by atoms with van der Waals surface area (Å²) in [6.07, 6.45) is -4.27. The SMILES string of the molecule is CC#CC#CC#CC#CC#CC#CC#CC#CC#CC#CC#CC#CC#CC#CC#CC#CC#CC#CC#CC#CC#CC#CC#CC#CC#CC#CC#CC#CC#CC#CC#CC#CC#CC#CC#CC#CC#CC#CC#CC#CC#CC#CC#N.[C-]#[N+]c1ccc(N2C(=O)C(CC)N(c3ccc(C)cc3)C2=S)cc1C(F)(F)F. The van der Waals surface area contributed by atoms with E-state index in [0.29, 0.717) is 12.1 Å². The number of hydrogen-bond acceptors (Lipinski definition) is 3. The molecule has 0 N–H and O–H groups in total. The first-order chi connectivity index (χ1) is 56.6. The Morgan fingerprint density at radius 1 is 0.339 bits per heavy atom. The summed E-state index contributed by atoms with van der Waals surface area (Å²) < 4.78 is 40.0. The van der Waals surface area contributed by atoms with Crippen LogP contribution in [0.25, 0.3) is 4.85 Å². The molecule has 9 heteroatoms. The maximum Gasteiger partial charge on any atom is 0.407 e. The summed E-state index contributed by atoms with van der Waals surface area (Å²) in [4.78, 5) is 18.7. The fourth-order valence-electron chi connectivity index (χ4n) is 5.79. The highest BCUT2D eigenvalue weighted by Crippen LogP contribution is 2.40. The van der Waals surface area contributed by atoms with Crippen molar-refractivity contribution in [1.29, 1.82) is 5.26 Å². The van der Waals surface area contributed by atoms with Crippen molar-refractivity contribution in [2.45, 2.75) is 39.4 Å². The third kappa shape index (κ3) is 49.3. The van der Waals surface area contributed by atoms with E-state index in [1.54, 1.807) is 17.9 Å². The molecule has 2 aromatic rings. The standard InChI is InChI=1S/C86H3N.C20H16F3N3OS/c1-2-3-4-5-6-7-8-9-10-11-12-13-14-15-16-17-18-19-20-21-22-23-24-25-26-27-28-29-30-31-32-33-34-35-36-37-38-39-40-41-42-43-44-45-46-47-48-49-50-51-52-53-54-55-56-57-58-59-60-61-62-63-64-65-66-67-68-69-70-71-72-73-74-75-76-77-78-79-80-81-82-83-84-85-86-87;1-4-17-18(27)26(19(28)25(17)13-7-5-12(2)6-8-13)14-9-10-16(24-3)15(11-14)20(21,22)23/h1H3;5-11,17H,4H2,1-2H3. The van der Waals surface area contributed by atoms with Crippen LogP contribution in [0.3, 0.4) is 0 Å². The van der Waals surface area contributed by atoms with Gasteiger partial charge in [-0.15, -0.1) is 0 Å². The second kappa shape index (κ2) is 65.4. The van der Waals surface area contributed by atoms with E-state index in [9.17, 15) is 18.0 Å². The predicted octanol–water partition coefficient (Wildman–Crippen LogP) is 6.15. The van der Waals surface area contributed by atoms with Gasteiger partial charge in [-0.1, -0.05) is 36.6 Å². The van der Waals surface area contributed by atoms with Gasteiger partial charge in [-0.3, -0.25) is 9.69 Å². The molecular formula is C106H19F3N4OS. The topological polar surface area (TPSA) is 51.7 Å². The number of carbonyl (C=O) groups excluding carboxylic acids is 1. The van der Waals surface area contributed by atoms with Crippen LogP contribution in [-0.4, -0.2) is 17.1 Å². The molecule has 1 unspecified atom stereocenters. The van der Waals surface area contributed by atoms with Crippen molar-refractivity contribution in [3.05, 3.63) is 65.0 Å². The van der Waals surface area contributed by atoms with E-state index in [1.165, 1.54) is 6.07 Å². The summed E-state index contributed by atoms with van der Waals surface area (Å²) in [7, 11) is 0. The number of amides is 1. The number of anilines is 2. The molecule has 2 aromatic carbocycles. The van der Waals surface area contributed by atoms with Gasteiger partial charge in [0.1, 0.15) is 6.04 Å². The minimum atomic E-state index is -4.71. The fraction of sp³-hybridized carbons (Fsp3) is 0.0566. The predicted molar refractivity (Wildman–Crippen MR) is 443 cm³/mol. The Labute approximate surface area is 676 Å². The van der Waals surface area contributed by atoms with Gasteiger partial charge in [0.2, 0.25) is 0 Å². The highest BCUT2D eigenvalue weighted by atomic mass is 32.1. The first-order valence-corrected chi connectivity index (χ1v) is 30.6. The number of alkyl halides is 3. The van der Waals surface area contributed by atoms with Gasteiger partial charge in [-0.05, 0) is 104 Å². The number of halogens is 3. The van der Waals surface area contributed by atoms with E-state index in [4.69, 9.17) is 24.1 Å². The average Bonchev–Trinajstić information content (AvgIpc) is 1.62. The van der Waals surface area contributed by atoms with Crippen LogP contribution in [0.5, 0.6) is 0 Å². The second-order valence-electron chi connectivity index (χ2n) is 17.1. The van der Waals surface area contributed by atoms with Gasteiger partial charge in [-0.2, -0.15) is 18.4 Å². The van der Waals surface area contributed by atoms with Gasteiger partial charge in [0.05, 0.1) is 12.1 Å². The third-order valence-electron chi connectivity index (χ3n) is 9.88. The van der Waals surface area contributed by atoms with Gasteiger partial charge in [-0.25, -0.2) is 4.85 Å². The molecule has 5 nitrogen and oxygen atoms in total. The number of rotatable bonds is 3. The normalized spacial score (nSPS) is 7.18. The van der Waals surface area contributed by atoms with Crippen molar-refractivity contribution >= 4 is 40.3 Å². The van der Waals surface area contributed by atoms with Crippen LogP contribution in [0.15, 0.2) is 42.5 Å². The number of carbonyl (C=O) groups is 1. The van der Waals surface area contributed by atoms with E-state index in [2.05, 4.69) is 502 Å². The summed E-state index contributed by atoms with van der Waals surface area (Å²) >= 11 is 5.47. The first-order valence-electron chi connectivity index (χ1n) is 30.2. The number of nitrogens with zero attached hydrogens (tertiary/aromatic N) is 4. The van der Waals surface area contributed by atoms with Crippen LogP contribution in [0, 0.1) is 522 Å². The summed E-state index contributed by atoms with van der Waals surface area (Å²) in [5, 5.41) is 8.33. The fourth-order valence-corrected chi connectivity index (χ4v) is 6.22. The molecular weight excluding hydrogens is 1430 g/mol. The lowest BCUT2D eigenvalue weighted by atomic mass is 10.1. The van der Waals surface area contributed by atoms with Gasteiger partial charge in [0, 0.05) is 455 Å². The van der Waals surface area contributed by atoms with E-state index >= 15 is 0 Å². The van der Waals surface area contributed by atoms with Crippen molar-refractivity contribution in [1.82, 2.24) is 0 Å². The molecule has 0 radical (unpaired) electrons. The summed E-state index contributed by atoms with van der Waals surface area (Å²) in [5.41, 5.74) is 0.137. The molecule has 115 heavy (non-hydrogen) atoms. The Morgan fingerprint density at radius 3 is 0.704 bits per heavy atom. The molecule has 1 saturated heterocycles. The van der Waals surface area contributed by atoms with E-state index in [1.807, 2.05) is 38.1 Å². The smallest absolute Gasteiger partial charge is 0.306 e. The lowest BCUT2D eigenvalue weighted by Crippen LogP contribution is -2.34. The van der Waals surface area contributed by atoms with Crippen molar-refractivity contribution < 1.29 is 18.0 Å². The van der Waals surface area contributed by atoms with Crippen molar-refractivity contribution in [3.8, 4) is 503 Å². The van der Waals surface area contributed by atoms with E-state index < -0.39 is 29.4 Å². The van der Waals surface area contributed by atoms with Gasteiger partial charge in [0.25, 0.3) is 5.91 Å². The molecule has 3 rings (SSSR count). The maximum atomic E-state index is 13.3. The van der Waals surface area contributed by atoms with Gasteiger partial charge in [0.15, 0.2) is 16.9 Å². The Morgan fingerprint density at radius 2 is 0.530 bits per heavy atom. The van der Waals surface area contributed by atoms with Crippen LogP contribution in [0.4, 0.5) is 30.2 Å². The first kappa shape index (κ1) is 89.2. The summed E-state index contributed by atoms with van der Waals surface area (Å²) in [6, 6.07) is 11.6. The Balaban J connectivity index is 0.00000132. The molecule has 0 aliphatic carbocycles. The third-order valence-corrected chi connectivity index (χ3v) is 10.3. The minimum absolute atomic E-state index is 0.00258. The quantitative estimate of drug-likeness (QED) is 0.211. The summed E-state index contributed by atoms with van der Waals surface area (Å²) in [5.74, 6) is 209. The number of nitriles is 1. The number of aryl methyl sites for hydroxylation is 1. The maximum absolute atomic E-state index is 13.3. The zero-order chi connectivity index (χ0) is 82.7. The van der Waals surface area contributed by atoms with E-state index in [-0.39, 0.29) is 10.8 Å². The highest BCUT2D eigenvalue weighted by molar-refractivity contribution is 7.81. The van der Waals surface area contributed by atoms with E-state index in [0.717, 1.165) is 22.6 Å². The monoisotopic (exact) mass is 1450 g/mol. The van der Waals surface area contributed by atoms with Crippen molar-refractivity contribution in [2.24, 2.45) is 0 Å². The zero-order valence-electron chi connectivity index (χ0n) is 59.1. The zero-order valence-corrected chi connectivity index (χ0v) is 59.9. The number of hydrogen-bond donors (Lipinski definition) is 0. The largest absolute Gasteiger partial charge is 0.407 e. The van der Waals surface area contributed by atoms with Crippen LogP contribution in [0.2, 0.25) is 0 Å². The minimum Gasteiger partial charge on any atom is -0.306 e. The van der Waals surface area contributed by atoms with Gasteiger partial charge < -0.3 is 4.90 Å². The molecule has 1 heterocycles. The molecule has 0 spiro atoms. The molecule has 1 atom stereocenters. The number of thiocarbonyl (C=S) groups is 1. The van der Waals surface area contributed by atoms with Gasteiger partial charge >= 0.3 is 6.18 Å². The Hall–Kier alpha value is -21.9. The van der Waals surface area contributed by atoms with Crippen LogP contribution in [-0.2, 0) is 11.0 Å². The molecule has 496 valence electrons. The lowest BCUT2D eigenvalue weighted by Gasteiger charge is -2.24. The average molecular weight is 1450 g/mol. The molecule has 0 bridgehead atoms. The molecule has 0 aromatic heterocycles. The van der Waals surface area contributed by atoms with Crippen LogP contribution >= 0.6 is 12.2 Å². The molecule has 0 saturated carbocycles. The summed E-state index contributed by atoms with van der Waals surface area (Å²) in [6.45, 7) is 12.4. The molecule has 1 aliphatic rings. The molecule has 1 fully saturated rings. The molecule has 1 aliphatic heterocycles. The highest BCUT2D eigenvalue weighted by Gasteiger charge is 2.44.